The second kappa shape index (κ2) is 7.60. The highest BCUT2D eigenvalue weighted by atomic mass is 19.2. The van der Waals surface area contributed by atoms with Gasteiger partial charge in [-0.1, -0.05) is 6.42 Å². The third-order valence-electron chi connectivity index (χ3n) is 3.62. The van der Waals surface area contributed by atoms with E-state index in [0.717, 1.165) is 11.0 Å². The van der Waals surface area contributed by atoms with E-state index in [4.69, 9.17) is 5.11 Å². The Bertz CT molecular complexity index is 518. The Morgan fingerprint density at radius 3 is 2.18 bits per heavy atom. The van der Waals surface area contributed by atoms with Gasteiger partial charge in [0.05, 0.1) is 11.7 Å². The third-order valence-corrected chi connectivity index (χ3v) is 3.62. The first kappa shape index (κ1) is 16.8. The van der Waals surface area contributed by atoms with Gasteiger partial charge in [0.1, 0.15) is 0 Å². The van der Waals surface area contributed by atoms with Crippen molar-refractivity contribution < 1.29 is 23.1 Å². The van der Waals surface area contributed by atoms with Gasteiger partial charge in [-0.2, -0.15) is 0 Å². The summed E-state index contributed by atoms with van der Waals surface area (Å²) in [4.78, 5) is 12.7. The second-order valence-electron chi connectivity index (χ2n) is 5.40. The molecule has 2 fully saturated rings. The van der Waals surface area contributed by atoms with Crippen LogP contribution in [0.5, 0.6) is 0 Å². The van der Waals surface area contributed by atoms with E-state index in [1.54, 1.807) is 0 Å². The Kier molecular flexibility index (Phi) is 5.79. The van der Waals surface area contributed by atoms with Crippen LogP contribution in [0.3, 0.4) is 0 Å². The van der Waals surface area contributed by atoms with Crippen molar-refractivity contribution >= 4 is 5.91 Å². The third kappa shape index (κ3) is 3.98. The molecule has 7 heteroatoms. The van der Waals surface area contributed by atoms with E-state index in [2.05, 4.69) is 5.32 Å². The van der Waals surface area contributed by atoms with Crippen LogP contribution < -0.4 is 5.32 Å². The van der Waals surface area contributed by atoms with E-state index in [9.17, 15) is 18.0 Å². The minimum absolute atomic E-state index is 0.0806. The van der Waals surface area contributed by atoms with E-state index in [-0.39, 0.29) is 13.1 Å². The van der Waals surface area contributed by atoms with Crippen molar-refractivity contribution in [2.75, 3.05) is 26.2 Å². The number of likely N-dealkylation sites (tertiary alicyclic amines) is 1. The number of piperidine rings is 1. The molecule has 0 atom stereocenters. The van der Waals surface area contributed by atoms with Crippen molar-refractivity contribution in [3.63, 3.8) is 0 Å². The van der Waals surface area contributed by atoms with Crippen LogP contribution in [-0.4, -0.2) is 48.2 Å². The van der Waals surface area contributed by atoms with Gasteiger partial charge in [0.2, 0.25) is 0 Å². The summed E-state index contributed by atoms with van der Waals surface area (Å²) >= 11 is 0. The zero-order chi connectivity index (χ0) is 16.1. The summed E-state index contributed by atoms with van der Waals surface area (Å²) in [6.45, 7) is 2.66. The van der Waals surface area contributed by atoms with E-state index < -0.39 is 35.0 Å². The molecule has 4 nitrogen and oxygen atoms in total. The minimum atomic E-state index is -1.66. The molecule has 0 bridgehead atoms. The van der Waals surface area contributed by atoms with Crippen LogP contribution >= 0.6 is 0 Å². The highest BCUT2D eigenvalue weighted by molar-refractivity contribution is 5.95. The summed E-state index contributed by atoms with van der Waals surface area (Å²) in [5.74, 6) is -5.24. The lowest BCUT2D eigenvalue weighted by Gasteiger charge is -2.35. The molecule has 2 aliphatic heterocycles. The van der Waals surface area contributed by atoms with Gasteiger partial charge in [0.15, 0.2) is 17.5 Å². The molecule has 1 aromatic rings. The Labute approximate surface area is 126 Å². The number of hydrogen-bond acceptors (Lipinski definition) is 3. The van der Waals surface area contributed by atoms with Crippen LogP contribution in [0.2, 0.25) is 0 Å². The van der Waals surface area contributed by atoms with Gasteiger partial charge >= 0.3 is 0 Å². The first-order valence-corrected chi connectivity index (χ1v) is 7.32. The summed E-state index contributed by atoms with van der Waals surface area (Å²) < 4.78 is 38.7. The first-order chi connectivity index (χ1) is 10.5. The molecule has 0 saturated carbocycles. The van der Waals surface area contributed by atoms with E-state index in [1.165, 1.54) is 32.4 Å². The smallest absolute Gasteiger partial charge is 0.257 e. The number of benzene rings is 1. The van der Waals surface area contributed by atoms with Crippen LogP contribution in [-0.2, 0) is 0 Å². The molecule has 1 aromatic carbocycles. The molecule has 22 heavy (non-hydrogen) atoms. The number of carbonyl (C=O) groups excluding carboxylic acids is 1. The summed E-state index contributed by atoms with van der Waals surface area (Å²) in [6, 6.07) is 1.59. The summed E-state index contributed by atoms with van der Waals surface area (Å²) in [5.41, 5.74) is -0.522. The number of hydrogen-bond donors (Lipinski definition) is 2. The van der Waals surface area contributed by atoms with Crippen molar-refractivity contribution in [2.45, 2.75) is 25.4 Å². The Hall–Kier alpha value is -1.60. The fourth-order valence-electron chi connectivity index (χ4n) is 2.28. The average molecular weight is 316 g/mol. The summed E-state index contributed by atoms with van der Waals surface area (Å²) in [6.07, 6.45) is 3.59. The zero-order valence-electron chi connectivity index (χ0n) is 12.1. The molecule has 3 rings (SSSR count). The maximum Gasteiger partial charge on any atom is 0.257 e. The van der Waals surface area contributed by atoms with Crippen molar-refractivity contribution in [1.29, 1.82) is 0 Å². The largest absolute Gasteiger partial charge is 0.389 e. The van der Waals surface area contributed by atoms with Crippen LogP contribution in [0, 0.1) is 17.5 Å². The number of aliphatic hydroxyl groups is 1. The standard InChI is InChI=1S/C10H8F3NO2.C5H11N/c11-7-2-1-6(8(12)9(7)13)10(16)14-3-5(15)4-14;1-2-4-6-5-3-1/h1-2,5,15H,3-4H2;6H,1-5H2. The van der Waals surface area contributed by atoms with Gasteiger partial charge < -0.3 is 15.3 Å². The Morgan fingerprint density at radius 2 is 1.73 bits per heavy atom. The summed E-state index contributed by atoms with van der Waals surface area (Å²) in [5, 5.41) is 12.2. The molecular weight excluding hydrogens is 297 g/mol. The topological polar surface area (TPSA) is 52.6 Å². The maximum absolute atomic E-state index is 13.2. The van der Waals surface area contributed by atoms with E-state index in [0.29, 0.717) is 6.07 Å². The number of aliphatic hydroxyl groups excluding tert-OH is 1. The maximum atomic E-state index is 13.2. The molecule has 0 radical (unpaired) electrons. The fraction of sp³-hybridized carbons (Fsp3) is 0.533. The van der Waals surface area contributed by atoms with Gasteiger partial charge in [0, 0.05) is 13.1 Å². The predicted octanol–water partition coefficient (Wildman–Crippen LogP) is 1.68. The minimum Gasteiger partial charge on any atom is -0.389 e. The molecule has 0 aromatic heterocycles. The van der Waals surface area contributed by atoms with Crippen LogP contribution in [0.4, 0.5) is 13.2 Å². The van der Waals surface area contributed by atoms with Crippen molar-refractivity contribution in [2.24, 2.45) is 0 Å². The first-order valence-electron chi connectivity index (χ1n) is 7.32. The van der Waals surface area contributed by atoms with Crippen molar-refractivity contribution in [3.8, 4) is 0 Å². The van der Waals surface area contributed by atoms with Gasteiger partial charge in [-0.3, -0.25) is 4.79 Å². The lowest BCUT2D eigenvalue weighted by Crippen LogP contribution is -2.53. The van der Waals surface area contributed by atoms with Gasteiger partial charge in [-0.15, -0.1) is 0 Å². The van der Waals surface area contributed by atoms with Crippen LogP contribution in [0.25, 0.3) is 0 Å². The molecule has 0 spiro atoms. The van der Waals surface area contributed by atoms with Crippen LogP contribution in [0.1, 0.15) is 29.6 Å². The monoisotopic (exact) mass is 316 g/mol. The molecule has 2 heterocycles. The number of rotatable bonds is 1. The molecule has 2 saturated heterocycles. The highest BCUT2D eigenvalue weighted by Gasteiger charge is 2.31. The normalized spacial score (nSPS) is 18.3. The molecule has 0 unspecified atom stereocenters. The molecule has 1 amide bonds. The lowest BCUT2D eigenvalue weighted by molar-refractivity contribution is 0.00552. The van der Waals surface area contributed by atoms with Gasteiger partial charge in [-0.25, -0.2) is 13.2 Å². The SMILES string of the molecule is C1CCNCC1.O=C(c1ccc(F)c(F)c1F)N1CC(O)C1. The predicted molar refractivity (Wildman–Crippen MR) is 74.9 cm³/mol. The number of nitrogens with one attached hydrogen (secondary N) is 1. The Morgan fingerprint density at radius 1 is 1.09 bits per heavy atom. The van der Waals surface area contributed by atoms with Gasteiger partial charge in [-0.05, 0) is 38.1 Å². The average Bonchev–Trinajstić information content (AvgIpc) is 2.51. The molecule has 0 aliphatic carbocycles. The number of carbonyl (C=O) groups is 1. The summed E-state index contributed by atoms with van der Waals surface area (Å²) in [7, 11) is 0. The number of halogens is 3. The highest BCUT2D eigenvalue weighted by Crippen LogP contribution is 2.19. The fourth-order valence-corrected chi connectivity index (χ4v) is 2.28. The van der Waals surface area contributed by atoms with E-state index in [1.807, 2.05) is 0 Å². The molecule has 122 valence electrons. The number of nitrogens with zero attached hydrogens (tertiary/aromatic N) is 1. The number of amides is 1. The van der Waals surface area contributed by atoms with Gasteiger partial charge in [0.25, 0.3) is 5.91 Å². The van der Waals surface area contributed by atoms with E-state index >= 15 is 0 Å². The zero-order valence-corrected chi connectivity index (χ0v) is 12.1. The molecule has 2 aliphatic rings. The van der Waals surface area contributed by atoms with Crippen molar-refractivity contribution in [1.82, 2.24) is 10.2 Å². The quantitative estimate of drug-likeness (QED) is 0.775. The van der Waals surface area contributed by atoms with Crippen molar-refractivity contribution in [3.05, 3.63) is 35.1 Å². The molecular formula is C15H19F3N2O2. The number of β-amino-alcohol motifs (C(OH)–C–C–N with tert-alkyl or cyclic N) is 1. The second-order valence-corrected chi connectivity index (χ2v) is 5.40. The lowest BCUT2D eigenvalue weighted by atomic mass is 10.1. The molecule has 2 N–H and O–H groups in total. The van der Waals surface area contributed by atoms with Crippen LogP contribution in [0.15, 0.2) is 12.1 Å². The Balaban J connectivity index is 0.000000246.